The van der Waals surface area contributed by atoms with Crippen molar-refractivity contribution < 1.29 is 33.3 Å². The number of unbranched alkanes of at least 4 members (excludes halogenated alkanes) is 2. The molecule has 1 saturated heterocycles. The van der Waals surface area contributed by atoms with Crippen LogP contribution in [0.25, 0.3) is 16.0 Å². The maximum Gasteiger partial charge on any atom is 0.301 e. The van der Waals surface area contributed by atoms with Crippen LogP contribution in [-0.2, 0) is 9.59 Å². The number of anilines is 1. The molecule has 0 bridgehead atoms. The van der Waals surface area contributed by atoms with E-state index in [0.717, 1.165) is 37.0 Å². The molecule has 0 spiro atoms. The monoisotopic (exact) mass is 604 g/mol. The first kappa shape index (κ1) is 30.0. The van der Waals surface area contributed by atoms with E-state index >= 15 is 0 Å². The maximum absolute atomic E-state index is 14.0. The van der Waals surface area contributed by atoms with Crippen LogP contribution < -0.4 is 19.1 Å². The molecule has 0 radical (unpaired) electrons. The SMILES string of the molecule is CCCCOc1cccc(C(O)=C2C(=O)C(=O)N(c3nc4ccc(F)cc4s3)C2c2ccc(OCCCC)c(OC)c2)c1. The molecule has 3 aromatic carbocycles. The highest BCUT2D eigenvalue weighted by atomic mass is 32.1. The summed E-state index contributed by atoms with van der Waals surface area (Å²) < 4.78 is 31.8. The number of hydrogen-bond donors (Lipinski definition) is 1. The number of ketones is 1. The topological polar surface area (TPSA) is 98.2 Å². The molecule has 8 nitrogen and oxygen atoms in total. The number of ether oxygens (including phenoxy) is 3. The number of hydrogen-bond acceptors (Lipinski definition) is 8. The number of carbonyl (C=O) groups is 2. The fraction of sp³-hybridized carbons (Fsp3) is 0.303. The second-order valence-corrected chi connectivity index (χ2v) is 11.1. The number of rotatable bonds is 12. The molecule has 0 aliphatic carbocycles. The van der Waals surface area contributed by atoms with E-state index in [0.29, 0.717) is 51.8 Å². The molecule has 1 fully saturated rings. The van der Waals surface area contributed by atoms with Gasteiger partial charge >= 0.3 is 5.91 Å². The number of nitrogens with zero attached hydrogens (tertiary/aromatic N) is 2. The first-order valence-electron chi connectivity index (χ1n) is 14.3. The van der Waals surface area contributed by atoms with Gasteiger partial charge < -0.3 is 19.3 Å². The van der Waals surface area contributed by atoms with E-state index in [9.17, 15) is 19.1 Å². The molecule has 4 aromatic rings. The van der Waals surface area contributed by atoms with Gasteiger partial charge in [-0.15, -0.1) is 0 Å². The smallest absolute Gasteiger partial charge is 0.301 e. The van der Waals surface area contributed by atoms with Gasteiger partial charge in [-0.05, 0) is 60.9 Å². The summed E-state index contributed by atoms with van der Waals surface area (Å²) in [5.74, 6) is -1.05. The summed E-state index contributed by atoms with van der Waals surface area (Å²) in [5.41, 5.74) is 1.20. The Morgan fingerprint density at radius 1 is 0.977 bits per heavy atom. The van der Waals surface area contributed by atoms with Crippen molar-refractivity contribution in [3.8, 4) is 17.2 Å². The Morgan fingerprint density at radius 2 is 1.74 bits per heavy atom. The van der Waals surface area contributed by atoms with E-state index < -0.39 is 23.5 Å². The molecule has 1 aromatic heterocycles. The zero-order valence-corrected chi connectivity index (χ0v) is 25.1. The lowest BCUT2D eigenvalue weighted by Gasteiger charge is -2.24. The Hall–Kier alpha value is -4.44. The molecule has 1 N–H and O–H groups in total. The molecule has 0 saturated carbocycles. The Kier molecular flexibility index (Phi) is 9.25. The number of fused-ring (bicyclic) bond motifs is 1. The Bertz CT molecular complexity index is 1680. The number of carbonyl (C=O) groups excluding carboxylic acids is 2. The number of Topliss-reactive ketones (excluding diaryl/α,β-unsaturated/α-hetero) is 1. The third kappa shape index (κ3) is 6.19. The highest BCUT2D eigenvalue weighted by Gasteiger charge is 2.48. The van der Waals surface area contributed by atoms with Gasteiger partial charge in [-0.1, -0.05) is 56.2 Å². The average Bonchev–Trinajstić information content (AvgIpc) is 3.54. The van der Waals surface area contributed by atoms with E-state index in [1.807, 2.05) is 0 Å². The number of aliphatic hydroxyl groups excluding tert-OH is 1. The van der Waals surface area contributed by atoms with Crippen LogP contribution in [0.5, 0.6) is 17.2 Å². The van der Waals surface area contributed by atoms with Crippen molar-refractivity contribution in [2.45, 2.75) is 45.6 Å². The number of aliphatic hydroxyl groups is 1. The van der Waals surface area contributed by atoms with E-state index in [2.05, 4.69) is 18.8 Å². The molecule has 1 unspecified atom stereocenters. The van der Waals surface area contributed by atoms with E-state index in [1.165, 1.54) is 30.2 Å². The van der Waals surface area contributed by atoms with E-state index in [4.69, 9.17) is 14.2 Å². The normalized spacial score (nSPS) is 16.2. The second-order valence-electron chi connectivity index (χ2n) is 10.1. The van der Waals surface area contributed by atoms with Crippen LogP contribution in [0, 0.1) is 5.82 Å². The molecule has 1 aliphatic heterocycles. The molecular formula is C33H33FN2O6S. The summed E-state index contributed by atoms with van der Waals surface area (Å²) in [6.07, 6.45) is 3.66. The van der Waals surface area contributed by atoms with Crippen LogP contribution >= 0.6 is 11.3 Å². The summed E-state index contributed by atoms with van der Waals surface area (Å²) in [5, 5.41) is 11.8. The van der Waals surface area contributed by atoms with Gasteiger partial charge in [0.1, 0.15) is 17.3 Å². The van der Waals surface area contributed by atoms with Crippen molar-refractivity contribution >= 4 is 44.1 Å². The van der Waals surface area contributed by atoms with Gasteiger partial charge in [0, 0.05) is 5.56 Å². The van der Waals surface area contributed by atoms with Crippen molar-refractivity contribution in [1.29, 1.82) is 0 Å². The molecule has 10 heteroatoms. The van der Waals surface area contributed by atoms with Gasteiger partial charge in [-0.3, -0.25) is 14.5 Å². The number of halogens is 1. The predicted molar refractivity (Wildman–Crippen MR) is 165 cm³/mol. The number of benzene rings is 3. The highest BCUT2D eigenvalue weighted by Crippen LogP contribution is 2.46. The van der Waals surface area contributed by atoms with Crippen molar-refractivity contribution in [2.75, 3.05) is 25.2 Å². The summed E-state index contributed by atoms with van der Waals surface area (Å²) in [4.78, 5) is 33.1. The van der Waals surface area contributed by atoms with Gasteiger partial charge in [0.25, 0.3) is 5.78 Å². The van der Waals surface area contributed by atoms with Crippen LogP contribution in [-0.4, -0.2) is 42.1 Å². The standard InChI is InChI=1S/C33H33FN2O6S/c1-4-6-15-41-23-10-8-9-21(17-23)30(37)28-29(20-11-14-25(26(18-20)40-3)42-16-7-5-2)36(32(39)31(28)38)33-35-24-13-12-22(34)19-27(24)43-33/h8-14,17-19,29,37H,4-7,15-16H2,1-3H3. The Morgan fingerprint density at radius 3 is 2.49 bits per heavy atom. The zero-order valence-electron chi connectivity index (χ0n) is 24.3. The Balaban J connectivity index is 1.65. The molecule has 1 aliphatic rings. The molecule has 5 rings (SSSR count). The van der Waals surface area contributed by atoms with Crippen molar-refractivity contribution in [3.63, 3.8) is 0 Å². The molecule has 1 amide bonds. The Labute approximate surface area is 253 Å². The van der Waals surface area contributed by atoms with Gasteiger partial charge in [-0.2, -0.15) is 0 Å². The first-order chi connectivity index (χ1) is 20.9. The van der Waals surface area contributed by atoms with Crippen LogP contribution in [0.2, 0.25) is 0 Å². The summed E-state index contributed by atoms with van der Waals surface area (Å²) in [6.45, 7) is 5.14. The van der Waals surface area contributed by atoms with Gasteiger partial charge in [-0.25, -0.2) is 9.37 Å². The lowest BCUT2D eigenvalue weighted by molar-refractivity contribution is -0.132. The van der Waals surface area contributed by atoms with Crippen LogP contribution in [0.3, 0.4) is 0 Å². The number of thiazole rings is 1. The summed E-state index contributed by atoms with van der Waals surface area (Å²) >= 11 is 1.08. The summed E-state index contributed by atoms with van der Waals surface area (Å²) in [7, 11) is 1.51. The largest absolute Gasteiger partial charge is 0.507 e. The molecular weight excluding hydrogens is 571 g/mol. The molecule has 2 heterocycles. The fourth-order valence-electron chi connectivity index (χ4n) is 4.86. The lowest BCUT2D eigenvalue weighted by atomic mass is 9.95. The maximum atomic E-state index is 14.0. The third-order valence-corrected chi connectivity index (χ3v) is 8.14. The predicted octanol–water partition coefficient (Wildman–Crippen LogP) is 7.43. The van der Waals surface area contributed by atoms with Gasteiger partial charge in [0.2, 0.25) is 0 Å². The molecule has 1 atom stereocenters. The zero-order chi connectivity index (χ0) is 30.5. The average molecular weight is 605 g/mol. The first-order valence-corrected chi connectivity index (χ1v) is 15.1. The third-order valence-electron chi connectivity index (χ3n) is 7.12. The van der Waals surface area contributed by atoms with Crippen LogP contribution in [0.4, 0.5) is 9.52 Å². The molecule has 224 valence electrons. The highest BCUT2D eigenvalue weighted by molar-refractivity contribution is 7.22. The number of amides is 1. The minimum atomic E-state index is -1.05. The summed E-state index contributed by atoms with van der Waals surface area (Å²) in [6, 6.07) is 15.0. The minimum Gasteiger partial charge on any atom is -0.507 e. The number of methoxy groups -OCH3 is 1. The van der Waals surface area contributed by atoms with Gasteiger partial charge in [0.05, 0.1) is 42.2 Å². The van der Waals surface area contributed by atoms with Gasteiger partial charge in [0.15, 0.2) is 16.6 Å². The van der Waals surface area contributed by atoms with Crippen molar-refractivity contribution in [1.82, 2.24) is 4.98 Å². The quantitative estimate of drug-likeness (QED) is 0.0777. The van der Waals surface area contributed by atoms with E-state index in [1.54, 1.807) is 42.5 Å². The van der Waals surface area contributed by atoms with E-state index in [-0.39, 0.29) is 16.5 Å². The minimum absolute atomic E-state index is 0.108. The van der Waals surface area contributed by atoms with Crippen LogP contribution in [0.15, 0.2) is 66.2 Å². The van der Waals surface area contributed by atoms with Crippen molar-refractivity contribution in [2.24, 2.45) is 0 Å². The molecule has 43 heavy (non-hydrogen) atoms. The van der Waals surface area contributed by atoms with Crippen LogP contribution in [0.1, 0.15) is 56.7 Å². The second kappa shape index (κ2) is 13.2. The fourth-order valence-corrected chi connectivity index (χ4v) is 5.87. The lowest BCUT2D eigenvalue weighted by Crippen LogP contribution is -2.29. The number of aromatic nitrogens is 1. The van der Waals surface area contributed by atoms with Crippen molar-refractivity contribution in [3.05, 3.63) is 83.2 Å².